The van der Waals surface area contributed by atoms with Gasteiger partial charge in [0.25, 0.3) is 5.91 Å². The number of piperidine rings is 2. The molecule has 1 saturated carbocycles. The molecule has 0 radical (unpaired) electrons. The number of hydrogen-bond donors (Lipinski definition) is 1. The molecule has 1 unspecified atom stereocenters. The number of ether oxygens (including phenoxy) is 2. The van der Waals surface area contributed by atoms with E-state index < -0.39 is 6.04 Å². The summed E-state index contributed by atoms with van der Waals surface area (Å²) in [6.45, 7) is 3.53. The Morgan fingerprint density at radius 3 is 2.43 bits per heavy atom. The van der Waals surface area contributed by atoms with Gasteiger partial charge in [0.2, 0.25) is 11.8 Å². The number of methoxy groups -OCH3 is 2. The molecule has 1 aromatic rings. The van der Waals surface area contributed by atoms with E-state index in [1.807, 2.05) is 19.2 Å². The molecule has 35 heavy (non-hydrogen) atoms. The topological polar surface area (TPSA) is 88.2 Å². The number of rotatable bonds is 6. The van der Waals surface area contributed by atoms with Crippen LogP contribution < -0.4 is 5.32 Å². The maximum atomic E-state index is 13.0. The lowest BCUT2D eigenvalue weighted by Crippen LogP contribution is -2.52. The van der Waals surface area contributed by atoms with Gasteiger partial charge in [-0.3, -0.25) is 19.7 Å². The second kappa shape index (κ2) is 9.99. The summed E-state index contributed by atoms with van der Waals surface area (Å²) in [6.07, 6.45) is 7.73. The SMILES string of the molecule is COC1CCC(CN2CCC(OC)(c3ccc4c(c3)CN(C3CCC(=O)NC3=O)C4=O)CC2)CC1. The number of likely N-dealkylation sites (tertiary alicyclic amines) is 1. The zero-order valence-corrected chi connectivity index (χ0v) is 20.9. The monoisotopic (exact) mass is 483 g/mol. The van der Waals surface area contributed by atoms with Crippen molar-refractivity contribution in [3.05, 3.63) is 34.9 Å². The van der Waals surface area contributed by atoms with Crippen LogP contribution in [0, 0.1) is 5.92 Å². The summed E-state index contributed by atoms with van der Waals surface area (Å²) in [5.74, 6) is -0.0287. The molecule has 8 nitrogen and oxygen atoms in total. The Labute approximate surface area is 207 Å². The third kappa shape index (κ3) is 4.76. The number of nitrogens with zero attached hydrogens (tertiary/aromatic N) is 2. The Balaban J connectivity index is 1.23. The van der Waals surface area contributed by atoms with Crippen LogP contribution in [0.4, 0.5) is 0 Å². The molecule has 4 aliphatic rings. The molecule has 190 valence electrons. The van der Waals surface area contributed by atoms with Crippen molar-refractivity contribution in [1.82, 2.24) is 15.1 Å². The predicted molar refractivity (Wildman–Crippen MR) is 130 cm³/mol. The predicted octanol–water partition coefficient (Wildman–Crippen LogP) is 2.59. The van der Waals surface area contributed by atoms with Gasteiger partial charge in [0, 0.05) is 52.4 Å². The first-order chi connectivity index (χ1) is 16.9. The van der Waals surface area contributed by atoms with Crippen LogP contribution in [0.25, 0.3) is 0 Å². The van der Waals surface area contributed by atoms with Crippen molar-refractivity contribution >= 4 is 17.7 Å². The first-order valence-corrected chi connectivity index (χ1v) is 13.0. The number of amides is 3. The molecule has 3 aliphatic heterocycles. The molecule has 3 amide bonds. The third-order valence-electron chi connectivity index (χ3n) is 8.75. The molecule has 0 spiro atoms. The molecule has 1 atom stereocenters. The lowest BCUT2D eigenvalue weighted by molar-refractivity contribution is -0.136. The zero-order valence-electron chi connectivity index (χ0n) is 20.9. The number of carbonyl (C=O) groups excluding carboxylic acids is 3. The van der Waals surface area contributed by atoms with Gasteiger partial charge >= 0.3 is 0 Å². The average molecular weight is 484 g/mol. The summed E-state index contributed by atoms with van der Waals surface area (Å²) >= 11 is 0. The largest absolute Gasteiger partial charge is 0.381 e. The highest BCUT2D eigenvalue weighted by Gasteiger charge is 2.41. The smallest absolute Gasteiger partial charge is 0.255 e. The third-order valence-corrected chi connectivity index (χ3v) is 8.75. The average Bonchev–Trinajstić information content (AvgIpc) is 3.20. The molecule has 3 fully saturated rings. The highest BCUT2D eigenvalue weighted by atomic mass is 16.5. The minimum absolute atomic E-state index is 0.134. The van der Waals surface area contributed by atoms with Crippen LogP contribution in [0.15, 0.2) is 18.2 Å². The van der Waals surface area contributed by atoms with Gasteiger partial charge in [-0.1, -0.05) is 12.1 Å². The summed E-state index contributed by atoms with van der Waals surface area (Å²) in [4.78, 5) is 41.1. The summed E-state index contributed by atoms with van der Waals surface area (Å²) in [7, 11) is 3.61. The van der Waals surface area contributed by atoms with E-state index in [1.165, 1.54) is 25.7 Å². The van der Waals surface area contributed by atoms with E-state index in [0.717, 1.165) is 49.5 Å². The normalized spacial score (nSPS) is 29.3. The summed E-state index contributed by atoms with van der Waals surface area (Å²) in [6, 6.07) is 5.43. The van der Waals surface area contributed by atoms with Crippen molar-refractivity contribution in [3.8, 4) is 0 Å². The first-order valence-electron chi connectivity index (χ1n) is 13.0. The van der Waals surface area contributed by atoms with Gasteiger partial charge in [0.1, 0.15) is 6.04 Å². The highest BCUT2D eigenvalue weighted by molar-refractivity contribution is 6.05. The van der Waals surface area contributed by atoms with Gasteiger partial charge < -0.3 is 19.3 Å². The summed E-state index contributed by atoms with van der Waals surface area (Å²) in [5.41, 5.74) is 2.33. The molecule has 8 heteroatoms. The van der Waals surface area contributed by atoms with Crippen molar-refractivity contribution in [2.75, 3.05) is 33.9 Å². The fraction of sp³-hybridized carbons (Fsp3) is 0.667. The Hall–Kier alpha value is -2.29. The van der Waals surface area contributed by atoms with Crippen LogP contribution in [-0.4, -0.2) is 73.5 Å². The van der Waals surface area contributed by atoms with Crippen LogP contribution in [0.3, 0.4) is 0 Å². The number of imide groups is 1. The maximum Gasteiger partial charge on any atom is 0.255 e. The van der Waals surface area contributed by atoms with Gasteiger partial charge in [0.05, 0.1) is 11.7 Å². The number of nitrogens with one attached hydrogen (secondary N) is 1. The van der Waals surface area contributed by atoms with Crippen LogP contribution in [0.1, 0.15) is 72.9 Å². The van der Waals surface area contributed by atoms with E-state index in [1.54, 1.807) is 12.0 Å². The Morgan fingerprint density at radius 2 is 1.77 bits per heavy atom. The standard InChI is InChI=1S/C27H37N3O5/c1-34-21-6-3-18(4-7-21)16-29-13-11-27(35-2,12-14-29)20-5-8-22-19(15-20)17-30(26(22)33)23-9-10-24(31)28-25(23)32/h5,8,15,18,21,23H,3-4,6-7,9-14,16-17H2,1-2H3,(H,28,31,32). The van der Waals surface area contributed by atoms with Gasteiger partial charge in [-0.15, -0.1) is 0 Å². The zero-order chi connectivity index (χ0) is 24.6. The number of benzene rings is 1. The Bertz CT molecular complexity index is 979. The van der Waals surface area contributed by atoms with Crippen molar-refractivity contribution < 1.29 is 23.9 Å². The lowest BCUT2D eigenvalue weighted by Gasteiger charge is -2.43. The number of hydrogen-bond acceptors (Lipinski definition) is 6. The van der Waals surface area contributed by atoms with E-state index in [9.17, 15) is 14.4 Å². The van der Waals surface area contributed by atoms with Crippen LogP contribution in [-0.2, 0) is 31.2 Å². The van der Waals surface area contributed by atoms with E-state index in [0.29, 0.717) is 24.6 Å². The van der Waals surface area contributed by atoms with Crippen LogP contribution in [0.2, 0.25) is 0 Å². The number of fused-ring (bicyclic) bond motifs is 1. The quantitative estimate of drug-likeness (QED) is 0.626. The van der Waals surface area contributed by atoms with E-state index in [4.69, 9.17) is 9.47 Å². The van der Waals surface area contributed by atoms with Crippen molar-refractivity contribution in [3.63, 3.8) is 0 Å². The fourth-order valence-electron chi connectivity index (χ4n) is 6.48. The highest BCUT2D eigenvalue weighted by Crippen LogP contribution is 2.39. The van der Waals surface area contributed by atoms with E-state index in [2.05, 4.69) is 16.3 Å². The second-order valence-corrected chi connectivity index (χ2v) is 10.6. The van der Waals surface area contributed by atoms with Gasteiger partial charge in [-0.2, -0.15) is 0 Å². The molecular weight excluding hydrogens is 446 g/mol. The van der Waals surface area contributed by atoms with Crippen molar-refractivity contribution in [2.24, 2.45) is 5.92 Å². The molecular formula is C27H37N3O5. The lowest BCUT2D eigenvalue weighted by atomic mass is 9.82. The van der Waals surface area contributed by atoms with Crippen LogP contribution in [0.5, 0.6) is 0 Å². The molecule has 1 aromatic carbocycles. The summed E-state index contributed by atoms with van der Waals surface area (Å²) in [5, 5.41) is 2.37. The van der Waals surface area contributed by atoms with Crippen molar-refractivity contribution in [1.29, 1.82) is 0 Å². The maximum absolute atomic E-state index is 13.0. The molecule has 5 rings (SSSR count). The van der Waals surface area contributed by atoms with Gasteiger partial charge in [0.15, 0.2) is 0 Å². The van der Waals surface area contributed by atoms with E-state index >= 15 is 0 Å². The second-order valence-electron chi connectivity index (χ2n) is 10.6. The van der Waals surface area contributed by atoms with Gasteiger partial charge in [-0.25, -0.2) is 0 Å². The molecule has 3 heterocycles. The number of carbonyl (C=O) groups is 3. The van der Waals surface area contributed by atoms with Crippen molar-refractivity contribution in [2.45, 2.75) is 75.7 Å². The fourth-order valence-corrected chi connectivity index (χ4v) is 6.48. The Morgan fingerprint density at radius 1 is 1.03 bits per heavy atom. The molecule has 1 N–H and O–H groups in total. The van der Waals surface area contributed by atoms with Gasteiger partial charge in [-0.05, 0) is 68.1 Å². The molecule has 2 saturated heterocycles. The van der Waals surface area contributed by atoms with E-state index in [-0.39, 0.29) is 29.7 Å². The Kier molecular flexibility index (Phi) is 6.97. The molecule has 0 aromatic heterocycles. The minimum atomic E-state index is -0.588. The molecule has 1 aliphatic carbocycles. The summed E-state index contributed by atoms with van der Waals surface area (Å²) < 4.78 is 11.7. The molecule has 0 bridgehead atoms. The van der Waals surface area contributed by atoms with Crippen LogP contribution >= 0.6 is 0 Å². The minimum Gasteiger partial charge on any atom is -0.381 e. The first kappa shape index (κ1) is 24.4.